The van der Waals surface area contributed by atoms with Crippen molar-refractivity contribution in [3.05, 3.63) is 29.8 Å². The lowest BCUT2D eigenvalue weighted by atomic mass is 10.2. The molecule has 0 saturated heterocycles. The highest BCUT2D eigenvalue weighted by Crippen LogP contribution is 2.32. The van der Waals surface area contributed by atoms with Gasteiger partial charge in [0.2, 0.25) is 15.9 Å². The average molecular weight is 352 g/mol. The van der Waals surface area contributed by atoms with Crippen LogP contribution >= 0.6 is 0 Å². The number of carbonyl (C=O) groups is 1. The topological polar surface area (TPSA) is 66.5 Å². The molecule has 0 spiro atoms. The van der Waals surface area contributed by atoms with Gasteiger partial charge >= 0.3 is 6.18 Å². The molecule has 0 aliphatic heterocycles. The molecule has 0 radical (unpaired) electrons. The van der Waals surface area contributed by atoms with Crippen LogP contribution in [-0.4, -0.2) is 33.2 Å². The lowest BCUT2D eigenvalue weighted by Crippen LogP contribution is -2.36. The molecule has 9 heteroatoms. The SMILES string of the molecule is CC(C)NC(=O)CCN(c1cccc(C(F)(F)F)c1)S(C)(=O)=O. The van der Waals surface area contributed by atoms with Crippen LogP contribution < -0.4 is 9.62 Å². The third-order valence-electron chi connectivity index (χ3n) is 2.85. The number of hydrogen-bond donors (Lipinski definition) is 1. The third kappa shape index (κ3) is 6.09. The summed E-state index contributed by atoms with van der Waals surface area (Å²) in [5.41, 5.74) is -1.07. The Morgan fingerprint density at radius 1 is 1.30 bits per heavy atom. The van der Waals surface area contributed by atoms with Crippen LogP contribution in [0, 0.1) is 0 Å². The predicted molar refractivity (Wildman–Crippen MR) is 81.5 cm³/mol. The van der Waals surface area contributed by atoms with Crippen molar-refractivity contribution in [2.75, 3.05) is 17.1 Å². The Hall–Kier alpha value is -1.77. The molecule has 0 aromatic heterocycles. The minimum absolute atomic E-state index is 0.109. The maximum atomic E-state index is 12.8. The van der Waals surface area contributed by atoms with Gasteiger partial charge in [0.15, 0.2) is 0 Å². The molecule has 23 heavy (non-hydrogen) atoms. The first-order valence-electron chi connectivity index (χ1n) is 6.85. The van der Waals surface area contributed by atoms with E-state index in [0.29, 0.717) is 0 Å². The van der Waals surface area contributed by atoms with Crippen LogP contribution in [0.2, 0.25) is 0 Å². The lowest BCUT2D eigenvalue weighted by Gasteiger charge is -2.23. The third-order valence-corrected chi connectivity index (χ3v) is 4.05. The van der Waals surface area contributed by atoms with Crippen molar-refractivity contribution in [3.63, 3.8) is 0 Å². The molecule has 0 atom stereocenters. The largest absolute Gasteiger partial charge is 0.416 e. The van der Waals surface area contributed by atoms with Gasteiger partial charge in [0.25, 0.3) is 0 Å². The number of carbonyl (C=O) groups excluding carboxylic acids is 1. The summed E-state index contributed by atoms with van der Waals surface area (Å²) < 4.78 is 62.7. The van der Waals surface area contributed by atoms with Crippen LogP contribution in [0.15, 0.2) is 24.3 Å². The molecular weight excluding hydrogens is 333 g/mol. The molecule has 0 aliphatic rings. The summed E-state index contributed by atoms with van der Waals surface area (Å²) in [7, 11) is -3.82. The molecule has 130 valence electrons. The second kappa shape index (κ2) is 7.20. The fourth-order valence-electron chi connectivity index (χ4n) is 1.92. The summed E-state index contributed by atoms with van der Waals surface area (Å²) in [5, 5.41) is 2.60. The zero-order valence-electron chi connectivity index (χ0n) is 13.0. The number of halogens is 3. The number of nitrogens with one attached hydrogen (secondary N) is 1. The van der Waals surface area contributed by atoms with Gasteiger partial charge in [0.1, 0.15) is 0 Å². The van der Waals surface area contributed by atoms with Crippen LogP contribution in [0.25, 0.3) is 0 Å². The molecule has 1 N–H and O–H groups in total. The van der Waals surface area contributed by atoms with Gasteiger partial charge in [-0.15, -0.1) is 0 Å². The number of alkyl halides is 3. The number of hydrogen-bond acceptors (Lipinski definition) is 3. The van der Waals surface area contributed by atoms with E-state index in [2.05, 4.69) is 5.32 Å². The lowest BCUT2D eigenvalue weighted by molar-refractivity contribution is -0.137. The van der Waals surface area contributed by atoms with Crippen molar-refractivity contribution >= 4 is 21.6 Å². The highest BCUT2D eigenvalue weighted by atomic mass is 32.2. The fourth-order valence-corrected chi connectivity index (χ4v) is 2.84. The molecule has 1 amide bonds. The Morgan fingerprint density at radius 3 is 2.39 bits per heavy atom. The molecular formula is C14H19F3N2O3S. The van der Waals surface area contributed by atoms with Crippen molar-refractivity contribution in [2.45, 2.75) is 32.5 Å². The van der Waals surface area contributed by atoms with Gasteiger partial charge in [0.05, 0.1) is 17.5 Å². The predicted octanol–water partition coefficient (Wildman–Crippen LogP) is 2.39. The molecule has 1 aromatic carbocycles. The number of rotatable bonds is 6. The van der Waals surface area contributed by atoms with Crippen molar-refractivity contribution in [1.82, 2.24) is 5.32 Å². The van der Waals surface area contributed by atoms with Crippen LogP contribution in [-0.2, 0) is 21.0 Å². The van der Waals surface area contributed by atoms with Gasteiger partial charge in [-0.1, -0.05) is 6.07 Å². The van der Waals surface area contributed by atoms with Gasteiger partial charge < -0.3 is 5.32 Å². The minimum Gasteiger partial charge on any atom is -0.354 e. The highest BCUT2D eigenvalue weighted by Gasteiger charge is 2.31. The Morgan fingerprint density at radius 2 is 1.91 bits per heavy atom. The van der Waals surface area contributed by atoms with E-state index in [1.165, 1.54) is 6.07 Å². The normalized spacial score (nSPS) is 12.3. The minimum atomic E-state index is -4.58. The molecule has 0 fully saturated rings. The molecule has 0 unspecified atom stereocenters. The van der Waals surface area contributed by atoms with Gasteiger partial charge in [-0.25, -0.2) is 8.42 Å². The zero-order chi connectivity index (χ0) is 17.8. The van der Waals surface area contributed by atoms with E-state index in [-0.39, 0.29) is 30.6 Å². The fraction of sp³-hybridized carbons (Fsp3) is 0.500. The van der Waals surface area contributed by atoms with Crippen molar-refractivity contribution < 1.29 is 26.4 Å². The molecule has 5 nitrogen and oxygen atoms in total. The number of nitrogens with zero attached hydrogens (tertiary/aromatic N) is 1. The molecule has 0 saturated carbocycles. The molecule has 1 aromatic rings. The summed E-state index contributed by atoms with van der Waals surface area (Å²) >= 11 is 0. The summed E-state index contributed by atoms with van der Waals surface area (Å²) in [5.74, 6) is -0.374. The number of sulfonamides is 1. The van der Waals surface area contributed by atoms with Crippen molar-refractivity contribution in [3.8, 4) is 0 Å². The first-order chi connectivity index (χ1) is 10.4. The van der Waals surface area contributed by atoms with Gasteiger partial charge in [-0.05, 0) is 32.0 Å². The summed E-state index contributed by atoms with van der Waals surface area (Å²) in [6.45, 7) is 3.26. The van der Waals surface area contributed by atoms with E-state index in [1.54, 1.807) is 13.8 Å². The van der Waals surface area contributed by atoms with E-state index in [4.69, 9.17) is 0 Å². The quantitative estimate of drug-likeness (QED) is 0.855. The van der Waals surface area contributed by atoms with Crippen molar-refractivity contribution in [1.29, 1.82) is 0 Å². The number of benzene rings is 1. The molecule has 0 bridgehead atoms. The molecule has 0 heterocycles. The maximum Gasteiger partial charge on any atom is 0.416 e. The Kier molecular flexibility index (Phi) is 6.04. The Labute approximate surface area is 133 Å². The molecule has 0 aliphatic carbocycles. The maximum absolute atomic E-state index is 12.8. The summed E-state index contributed by atoms with van der Waals surface area (Å²) in [6, 6.07) is 3.89. The smallest absolute Gasteiger partial charge is 0.354 e. The van der Waals surface area contributed by atoms with Crippen LogP contribution in [0.5, 0.6) is 0 Å². The standard InChI is InChI=1S/C14H19F3N2O3S/c1-10(2)18-13(20)7-8-19(23(3,21)22)12-6-4-5-11(9-12)14(15,16)17/h4-6,9-10H,7-8H2,1-3H3,(H,18,20). The number of amides is 1. The van der Waals surface area contributed by atoms with Crippen LogP contribution in [0.1, 0.15) is 25.8 Å². The van der Waals surface area contributed by atoms with Crippen molar-refractivity contribution in [2.24, 2.45) is 0 Å². The van der Waals surface area contributed by atoms with E-state index in [1.807, 2.05) is 0 Å². The summed E-state index contributed by atoms with van der Waals surface area (Å²) in [6.07, 6.45) is -3.84. The van der Waals surface area contributed by atoms with Crippen LogP contribution in [0.3, 0.4) is 0 Å². The molecule has 1 rings (SSSR count). The van der Waals surface area contributed by atoms with Crippen LogP contribution in [0.4, 0.5) is 18.9 Å². The zero-order valence-corrected chi connectivity index (χ0v) is 13.8. The van der Waals surface area contributed by atoms with E-state index < -0.39 is 21.8 Å². The monoisotopic (exact) mass is 352 g/mol. The Balaban J connectivity index is 3.03. The van der Waals surface area contributed by atoms with Gasteiger partial charge in [-0.2, -0.15) is 13.2 Å². The summed E-state index contributed by atoms with van der Waals surface area (Å²) in [4.78, 5) is 11.6. The van der Waals surface area contributed by atoms with E-state index >= 15 is 0 Å². The van der Waals surface area contributed by atoms with E-state index in [9.17, 15) is 26.4 Å². The highest BCUT2D eigenvalue weighted by molar-refractivity contribution is 7.92. The van der Waals surface area contributed by atoms with Gasteiger partial charge in [0, 0.05) is 19.0 Å². The van der Waals surface area contributed by atoms with Gasteiger partial charge in [-0.3, -0.25) is 9.10 Å². The number of anilines is 1. The first kappa shape index (κ1) is 19.3. The second-order valence-corrected chi connectivity index (χ2v) is 7.26. The first-order valence-corrected chi connectivity index (χ1v) is 8.70. The van der Waals surface area contributed by atoms with E-state index in [0.717, 1.165) is 28.8 Å². The Bertz CT molecular complexity index is 657. The average Bonchev–Trinajstić information content (AvgIpc) is 2.35. The second-order valence-electron chi connectivity index (χ2n) is 5.36.